The molecule has 2 aromatic rings. The monoisotopic (exact) mass is 381 g/mol. The molecule has 0 spiro atoms. The van der Waals surface area contributed by atoms with Crippen LogP contribution in [0.5, 0.6) is 5.75 Å². The van der Waals surface area contributed by atoms with Gasteiger partial charge in [-0.15, -0.1) is 0 Å². The normalized spacial score (nSPS) is 12.2. The van der Waals surface area contributed by atoms with Gasteiger partial charge in [-0.25, -0.2) is 0 Å². The van der Waals surface area contributed by atoms with Gasteiger partial charge in [0, 0.05) is 19.5 Å². The first kappa shape index (κ1) is 22.0. The molecule has 0 aliphatic heterocycles. The van der Waals surface area contributed by atoms with E-state index in [9.17, 15) is 4.79 Å². The second-order valence-corrected chi connectivity index (χ2v) is 8.03. The second kappa shape index (κ2) is 10.9. The highest BCUT2D eigenvalue weighted by Crippen LogP contribution is 2.30. The zero-order chi connectivity index (χ0) is 20.5. The molecule has 2 aromatic carbocycles. The van der Waals surface area contributed by atoms with Crippen molar-refractivity contribution in [3.05, 3.63) is 65.7 Å². The average molecular weight is 382 g/mol. The van der Waals surface area contributed by atoms with E-state index in [1.165, 1.54) is 11.1 Å². The van der Waals surface area contributed by atoms with Gasteiger partial charge in [-0.05, 0) is 55.4 Å². The number of nitrogens with zero attached hydrogens (tertiary/aromatic N) is 1. The Labute approximate surface area is 170 Å². The lowest BCUT2D eigenvalue weighted by atomic mass is 9.85. The molecule has 0 aliphatic carbocycles. The van der Waals surface area contributed by atoms with Crippen LogP contribution in [0.2, 0.25) is 0 Å². The minimum absolute atomic E-state index is 0.179. The molecule has 3 heteroatoms. The van der Waals surface area contributed by atoms with Crippen LogP contribution < -0.4 is 4.74 Å². The molecule has 0 saturated carbocycles. The zero-order valence-electron chi connectivity index (χ0n) is 18.0. The van der Waals surface area contributed by atoms with Crippen LogP contribution >= 0.6 is 0 Å². The van der Waals surface area contributed by atoms with Crippen LogP contribution in [-0.2, 0) is 11.3 Å². The molecule has 1 amide bonds. The molecule has 152 valence electrons. The van der Waals surface area contributed by atoms with Crippen LogP contribution in [-0.4, -0.2) is 23.5 Å². The van der Waals surface area contributed by atoms with Gasteiger partial charge >= 0.3 is 0 Å². The molecule has 0 radical (unpaired) electrons. The van der Waals surface area contributed by atoms with Crippen molar-refractivity contribution in [1.29, 1.82) is 0 Å². The summed E-state index contributed by atoms with van der Waals surface area (Å²) in [7, 11) is 0. The van der Waals surface area contributed by atoms with E-state index in [4.69, 9.17) is 4.74 Å². The van der Waals surface area contributed by atoms with Crippen molar-refractivity contribution in [3.63, 3.8) is 0 Å². The third kappa shape index (κ3) is 6.70. The largest absolute Gasteiger partial charge is 0.491 e. The summed E-state index contributed by atoms with van der Waals surface area (Å²) in [4.78, 5) is 14.5. The van der Waals surface area contributed by atoms with Gasteiger partial charge in [0.05, 0.1) is 6.10 Å². The van der Waals surface area contributed by atoms with Gasteiger partial charge in [-0.2, -0.15) is 0 Å². The van der Waals surface area contributed by atoms with Crippen molar-refractivity contribution >= 4 is 5.91 Å². The summed E-state index contributed by atoms with van der Waals surface area (Å²) < 4.78 is 5.77. The maximum Gasteiger partial charge on any atom is 0.222 e. The van der Waals surface area contributed by atoms with Crippen LogP contribution in [0, 0.1) is 5.92 Å². The smallest absolute Gasteiger partial charge is 0.222 e. The molecule has 0 heterocycles. The summed E-state index contributed by atoms with van der Waals surface area (Å²) in [6.07, 6.45) is 1.68. The van der Waals surface area contributed by atoms with Gasteiger partial charge in [-0.3, -0.25) is 4.79 Å². The Morgan fingerprint density at radius 1 is 0.964 bits per heavy atom. The highest BCUT2D eigenvalue weighted by molar-refractivity contribution is 5.75. The molecule has 2 rings (SSSR count). The summed E-state index contributed by atoms with van der Waals surface area (Å²) in [6, 6.07) is 18.7. The first-order chi connectivity index (χ1) is 13.4. The molecule has 0 bridgehead atoms. The summed E-state index contributed by atoms with van der Waals surface area (Å²) in [5.41, 5.74) is 2.50. The van der Waals surface area contributed by atoms with E-state index in [0.29, 0.717) is 24.8 Å². The Balaban J connectivity index is 2.07. The van der Waals surface area contributed by atoms with Crippen molar-refractivity contribution < 1.29 is 9.53 Å². The Bertz CT molecular complexity index is 707. The number of carbonyl (C=O) groups is 1. The lowest BCUT2D eigenvalue weighted by molar-refractivity contribution is -0.131. The van der Waals surface area contributed by atoms with E-state index < -0.39 is 0 Å². The predicted molar refractivity (Wildman–Crippen MR) is 117 cm³/mol. The van der Waals surface area contributed by atoms with Gasteiger partial charge in [0.1, 0.15) is 5.75 Å². The fraction of sp³-hybridized carbons (Fsp3) is 0.480. The fourth-order valence-corrected chi connectivity index (χ4v) is 3.56. The molecule has 0 N–H and O–H groups in total. The fourth-order valence-electron chi connectivity index (χ4n) is 3.56. The molecule has 0 aliphatic rings. The van der Waals surface area contributed by atoms with Crippen molar-refractivity contribution in [2.75, 3.05) is 6.54 Å². The third-order valence-corrected chi connectivity index (χ3v) is 5.07. The van der Waals surface area contributed by atoms with Crippen molar-refractivity contribution in [2.24, 2.45) is 5.92 Å². The van der Waals surface area contributed by atoms with E-state index in [0.717, 1.165) is 18.7 Å². The number of carbonyl (C=O) groups excluding carboxylic acids is 1. The number of ether oxygens (including phenoxy) is 1. The Hall–Kier alpha value is -2.29. The Morgan fingerprint density at radius 2 is 1.61 bits per heavy atom. The van der Waals surface area contributed by atoms with Gasteiger partial charge in [0.2, 0.25) is 5.91 Å². The number of rotatable bonds is 10. The van der Waals surface area contributed by atoms with Crippen LogP contribution in [0.4, 0.5) is 0 Å². The van der Waals surface area contributed by atoms with E-state index in [2.05, 4.69) is 50.2 Å². The Kier molecular flexibility index (Phi) is 8.56. The number of benzene rings is 2. The van der Waals surface area contributed by atoms with Gasteiger partial charge in [-0.1, -0.05) is 63.2 Å². The number of hydrogen-bond acceptors (Lipinski definition) is 2. The van der Waals surface area contributed by atoms with Gasteiger partial charge in [0.25, 0.3) is 0 Å². The van der Waals surface area contributed by atoms with Crippen molar-refractivity contribution in [3.8, 4) is 5.75 Å². The number of amides is 1. The maximum absolute atomic E-state index is 12.5. The average Bonchev–Trinajstić information content (AvgIpc) is 2.68. The first-order valence-electron chi connectivity index (χ1n) is 10.5. The van der Waals surface area contributed by atoms with Crippen LogP contribution in [0.25, 0.3) is 0 Å². The molecule has 28 heavy (non-hydrogen) atoms. The quantitative estimate of drug-likeness (QED) is 0.502. The maximum atomic E-state index is 12.5. The lowest BCUT2D eigenvalue weighted by Crippen LogP contribution is -2.32. The topological polar surface area (TPSA) is 29.5 Å². The van der Waals surface area contributed by atoms with Crippen molar-refractivity contribution in [2.45, 2.75) is 66.0 Å². The minimum atomic E-state index is 0.179. The van der Waals surface area contributed by atoms with Gasteiger partial charge < -0.3 is 9.64 Å². The molecular formula is C25H35NO2. The standard InChI is InChI=1S/C25H35NO2/c1-6-25(27)26(18-21-10-8-7-9-11-21)17-16-24(19(2)3)22-12-14-23(15-13-22)28-20(4)5/h7-15,19-20,24H,6,16-18H2,1-5H3. The van der Waals surface area contributed by atoms with Crippen LogP contribution in [0.3, 0.4) is 0 Å². The van der Waals surface area contributed by atoms with E-state index in [1.54, 1.807) is 0 Å². The molecule has 1 atom stereocenters. The zero-order valence-corrected chi connectivity index (χ0v) is 18.0. The molecular weight excluding hydrogens is 346 g/mol. The lowest BCUT2D eigenvalue weighted by Gasteiger charge is -2.27. The SMILES string of the molecule is CCC(=O)N(CCC(c1ccc(OC(C)C)cc1)C(C)C)Cc1ccccc1. The minimum Gasteiger partial charge on any atom is -0.491 e. The van der Waals surface area contributed by atoms with Crippen LogP contribution in [0.1, 0.15) is 64.5 Å². The summed E-state index contributed by atoms with van der Waals surface area (Å²) in [5.74, 6) is 2.04. The number of hydrogen-bond donors (Lipinski definition) is 0. The van der Waals surface area contributed by atoms with E-state index in [1.807, 2.05) is 43.9 Å². The van der Waals surface area contributed by atoms with Crippen molar-refractivity contribution in [1.82, 2.24) is 4.90 Å². The van der Waals surface area contributed by atoms with E-state index >= 15 is 0 Å². The second-order valence-electron chi connectivity index (χ2n) is 8.03. The highest BCUT2D eigenvalue weighted by atomic mass is 16.5. The first-order valence-corrected chi connectivity index (χ1v) is 10.5. The summed E-state index contributed by atoms with van der Waals surface area (Å²) in [6.45, 7) is 12.0. The van der Waals surface area contributed by atoms with Gasteiger partial charge in [0.15, 0.2) is 0 Å². The highest BCUT2D eigenvalue weighted by Gasteiger charge is 2.19. The Morgan fingerprint density at radius 3 is 2.14 bits per heavy atom. The molecule has 0 aromatic heterocycles. The molecule has 0 fully saturated rings. The summed E-state index contributed by atoms with van der Waals surface area (Å²) in [5, 5.41) is 0. The van der Waals surface area contributed by atoms with Crippen LogP contribution in [0.15, 0.2) is 54.6 Å². The van der Waals surface area contributed by atoms with E-state index in [-0.39, 0.29) is 12.0 Å². The predicted octanol–water partition coefficient (Wildman–Crippen LogP) is 6.04. The third-order valence-electron chi connectivity index (χ3n) is 5.07. The molecule has 0 saturated heterocycles. The molecule has 3 nitrogen and oxygen atoms in total. The summed E-state index contributed by atoms with van der Waals surface area (Å²) >= 11 is 0. The molecule has 1 unspecified atom stereocenters.